The van der Waals surface area contributed by atoms with Gasteiger partial charge in [0.05, 0.1) is 0 Å². The third-order valence-electron chi connectivity index (χ3n) is 2.54. The molecule has 0 unspecified atom stereocenters. The molecular formula is C12H16N4O2S. The Labute approximate surface area is 115 Å². The van der Waals surface area contributed by atoms with Crippen LogP contribution in [-0.2, 0) is 17.0 Å². The van der Waals surface area contributed by atoms with Crippen molar-refractivity contribution < 1.29 is 4.74 Å². The van der Waals surface area contributed by atoms with Crippen LogP contribution in [0.25, 0.3) is 0 Å². The lowest BCUT2D eigenvalue weighted by molar-refractivity contribution is 0.189. The van der Waals surface area contributed by atoms with Gasteiger partial charge < -0.3 is 4.74 Å². The molecule has 0 bridgehead atoms. The van der Waals surface area contributed by atoms with E-state index in [9.17, 15) is 4.79 Å². The van der Waals surface area contributed by atoms with Crippen molar-refractivity contribution >= 4 is 11.8 Å². The zero-order valence-corrected chi connectivity index (χ0v) is 11.5. The minimum atomic E-state index is -0.176. The van der Waals surface area contributed by atoms with Gasteiger partial charge in [0, 0.05) is 38.4 Å². The van der Waals surface area contributed by atoms with E-state index < -0.39 is 0 Å². The van der Waals surface area contributed by atoms with Gasteiger partial charge in [0.25, 0.3) is 0 Å². The summed E-state index contributed by atoms with van der Waals surface area (Å²) in [5, 5.41) is 7.22. The Morgan fingerprint density at radius 3 is 3.16 bits per heavy atom. The highest BCUT2D eigenvalue weighted by molar-refractivity contribution is 7.98. The third-order valence-corrected chi connectivity index (χ3v) is 3.59. The van der Waals surface area contributed by atoms with E-state index in [0.29, 0.717) is 18.3 Å². The predicted molar refractivity (Wildman–Crippen MR) is 73.1 cm³/mol. The van der Waals surface area contributed by atoms with Crippen molar-refractivity contribution in [3.63, 3.8) is 0 Å². The van der Waals surface area contributed by atoms with Gasteiger partial charge in [-0.05, 0) is 18.1 Å². The lowest BCUT2D eigenvalue weighted by Crippen LogP contribution is -2.18. The Balaban J connectivity index is 1.98. The number of thioether (sulfide) groups is 1. The van der Waals surface area contributed by atoms with E-state index in [1.807, 2.05) is 18.3 Å². The number of hydrogen-bond acceptors (Lipinski definition) is 5. The molecule has 2 aromatic heterocycles. The maximum absolute atomic E-state index is 11.6. The van der Waals surface area contributed by atoms with Gasteiger partial charge in [-0.15, -0.1) is 5.10 Å². The maximum Gasteiger partial charge on any atom is 0.343 e. The fourth-order valence-corrected chi connectivity index (χ4v) is 2.52. The van der Waals surface area contributed by atoms with Gasteiger partial charge in [0.15, 0.2) is 5.16 Å². The average molecular weight is 280 g/mol. The lowest BCUT2D eigenvalue weighted by atomic mass is 10.3. The van der Waals surface area contributed by atoms with Crippen molar-refractivity contribution in [1.29, 1.82) is 0 Å². The Morgan fingerprint density at radius 2 is 2.42 bits per heavy atom. The number of methoxy groups -OCH3 is 1. The molecule has 0 aliphatic carbocycles. The molecule has 7 heteroatoms. The van der Waals surface area contributed by atoms with Crippen molar-refractivity contribution in [3.05, 3.63) is 40.6 Å². The molecule has 1 N–H and O–H groups in total. The first-order valence-electron chi connectivity index (χ1n) is 5.97. The first-order chi connectivity index (χ1) is 9.31. The maximum atomic E-state index is 11.6. The molecule has 102 valence electrons. The molecular weight excluding hydrogens is 264 g/mol. The van der Waals surface area contributed by atoms with Gasteiger partial charge in [-0.25, -0.2) is 9.89 Å². The van der Waals surface area contributed by atoms with E-state index in [2.05, 4.69) is 15.2 Å². The van der Waals surface area contributed by atoms with Crippen molar-refractivity contribution in [2.75, 3.05) is 13.7 Å². The second kappa shape index (κ2) is 7.10. The molecule has 2 heterocycles. The van der Waals surface area contributed by atoms with Crippen molar-refractivity contribution in [3.8, 4) is 0 Å². The number of H-pyrrole nitrogens is 1. The van der Waals surface area contributed by atoms with E-state index in [-0.39, 0.29) is 5.69 Å². The Kier molecular flexibility index (Phi) is 5.17. The van der Waals surface area contributed by atoms with Gasteiger partial charge in [0.2, 0.25) is 0 Å². The highest BCUT2D eigenvalue weighted by atomic mass is 32.2. The first kappa shape index (κ1) is 13.8. The summed E-state index contributed by atoms with van der Waals surface area (Å²) in [5.41, 5.74) is 0.927. The second-order valence-corrected chi connectivity index (χ2v) is 4.90. The summed E-state index contributed by atoms with van der Waals surface area (Å²) in [6.45, 7) is 1.24. The average Bonchev–Trinajstić information content (AvgIpc) is 2.79. The number of hydrogen-bond donors (Lipinski definition) is 1. The monoisotopic (exact) mass is 280 g/mol. The van der Waals surface area contributed by atoms with Gasteiger partial charge in [-0.1, -0.05) is 17.8 Å². The molecule has 0 aromatic carbocycles. The number of pyridine rings is 1. The van der Waals surface area contributed by atoms with Crippen LogP contribution < -0.4 is 5.69 Å². The molecule has 0 spiro atoms. The summed E-state index contributed by atoms with van der Waals surface area (Å²) in [6.07, 6.45) is 4.34. The topological polar surface area (TPSA) is 72.8 Å². The minimum absolute atomic E-state index is 0.176. The van der Waals surface area contributed by atoms with Crippen LogP contribution in [0.1, 0.15) is 12.0 Å². The molecule has 0 amide bonds. The van der Waals surface area contributed by atoms with Crippen LogP contribution in [0.4, 0.5) is 0 Å². The predicted octanol–water partition coefficient (Wildman–Crippen LogP) is 1.30. The van der Waals surface area contributed by atoms with Crippen molar-refractivity contribution in [2.45, 2.75) is 23.9 Å². The minimum Gasteiger partial charge on any atom is -0.385 e. The van der Waals surface area contributed by atoms with Gasteiger partial charge in [-0.2, -0.15) is 0 Å². The summed E-state index contributed by atoms with van der Waals surface area (Å²) in [4.78, 5) is 15.7. The SMILES string of the molecule is COCCCn1c(SCc2cccnc2)n[nH]c1=O. The summed E-state index contributed by atoms with van der Waals surface area (Å²) < 4.78 is 6.63. The highest BCUT2D eigenvalue weighted by Crippen LogP contribution is 2.18. The molecule has 0 aliphatic rings. The lowest BCUT2D eigenvalue weighted by Gasteiger charge is -2.04. The summed E-state index contributed by atoms with van der Waals surface area (Å²) in [7, 11) is 1.65. The van der Waals surface area contributed by atoms with Crippen LogP contribution in [0.3, 0.4) is 0 Å². The van der Waals surface area contributed by atoms with E-state index in [1.165, 1.54) is 11.8 Å². The van der Waals surface area contributed by atoms with Crippen LogP contribution in [-0.4, -0.2) is 33.5 Å². The molecule has 2 rings (SSSR count). The van der Waals surface area contributed by atoms with E-state index >= 15 is 0 Å². The Morgan fingerprint density at radius 1 is 1.53 bits per heavy atom. The zero-order chi connectivity index (χ0) is 13.5. The van der Waals surface area contributed by atoms with E-state index in [1.54, 1.807) is 17.9 Å². The zero-order valence-electron chi connectivity index (χ0n) is 10.7. The number of aromatic amines is 1. The van der Waals surface area contributed by atoms with Crippen molar-refractivity contribution in [1.82, 2.24) is 19.7 Å². The molecule has 2 aromatic rings. The van der Waals surface area contributed by atoms with Crippen LogP contribution in [0.5, 0.6) is 0 Å². The molecule has 0 fully saturated rings. The standard InChI is InChI=1S/C12H16N4O2S/c1-18-7-3-6-16-11(17)14-15-12(16)19-9-10-4-2-5-13-8-10/h2,4-5,8H,3,6-7,9H2,1H3,(H,14,17). The summed E-state index contributed by atoms with van der Waals surface area (Å²) in [6, 6.07) is 3.89. The highest BCUT2D eigenvalue weighted by Gasteiger charge is 2.08. The normalized spacial score (nSPS) is 10.8. The number of rotatable bonds is 7. The van der Waals surface area contributed by atoms with E-state index in [0.717, 1.165) is 17.7 Å². The molecule has 0 saturated heterocycles. The number of ether oxygens (including phenoxy) is 1. The smallest absolute Gasteiger partial charge is 0.343 e. The number of nitrogens with zero attached hydrogens (tertiary/aromatic N) is 3. The molecule has 0 saturated carbocycles. The molecule has 0 radical (unpaired) electrons. The second-order valence-electron chi connectivity index (χ2n) is 3.96. The van der Waals surface area contributed by atoms with E-state index in [4.69, 9.17) is 4.74 Å². The van der Waals surface area contributed by atoms with Gasteiger partial charge in [-0.3, -0.25) is 9.55 Å². The fourth-order valence-electron chi connectivity index (χ4n) is 1.61. The first-order valence-corrected chi connectivity index (χ1v) is 6.95. The molecule has 0 atom stereocenters. The van der Waals surface area contributed by atoms with Gasteiger partial charge >= 0.3 is 5.69 Å². The van der Waals surface area contributed by atoms with Crippen LogP contribution in [0.15, 0.2) is 34.5 Å². The number of nitrogens with one attached hydrogen (secondary N) is 1. The Hall–Kier alpha value is -1.60. The molecule has 0 aliphatic heterocycles. The van der Waals surface area contributed by atoms with Crippen LogP contribution in [0.2, 0.25) is 0 Å². The van der Waals surface area contributed by atoms with Crippen LogP contribution in [0, 0.1) is 0 Å². The Bertz CT molecular complexity index is 552. The fraction of sp³-hybridized carbons (Fsp3) is 0.417. The van der Waals surface area contributed by atoms with Gasteiger partial charge in [0.1, 0.15) is 0 Å². The third kappa shape index (κ3) is 3.93. The molecule has 19 heavy (non-hydrogen) atoms. The number of aromatic nitrogens is 4. The molecule has 6 nitrogen and oxygen atoms in total. The largest absolute Gasteiger partial charge is 0.385 e. The van der Waals surface area contributed by atoms with Crippen molar-refractivity contribution in [2.24, 2.45) is 0 Å². The van der Waals surface area contributed by atoms with Crippen LogP contribution >= 0.6 is 11.8 Å². The quantitative estimate of drug-likeness (QED) is 0.611. The summed E-state index contributed by atoms with van der Waals surface area (Å²) >= 11 is 1.52. The summed E-state index contributed by atoms with van der Waals surface area (Å²) in [5.74, 6) is 0.739.